The molecule has 1 aromatic carbocycles. The van der Waals surface area contributed by atoms with E-state index >= 15 is 0 Å². The number of benzene rings is 1. The van der Waals surface area contributed by atoms with Gasteiger partial charge in [-0.2, -0.15) is 0 Å². The van der Waals surface area contributed by atoms with E-state index in [-0.39, 0.29) is 16.9 Å². The molecule has 1 aromatic rings. The number of hydrogen-bond donors (Lipinski definition) is 5. The zero-order valence-electron chi connectivity index (χ0n) is 23.8. The van der Waals surface area contributed by atoms with Crippen LogP contribution in [0.4, 0.5) is 5.69 Å². The number of fused-ring (bicyclic) bond motifs is 3. The third-order valence-corrected chi connectivity index (χ3v) is 8.59. The lowest BCUT2D eigenvalue weighted by atomic mass is 9.54. The highest BCUT2D eigenvalue weighted by Gasteiger charge is 2.61. The molecule has 0 spiro atoms. The van der Waals surface area contributed by atoms with Gasteiger partial charge in [-0.1, -0.05) is 13.8 Å². The van der Waals surface area contributed by atoms with Gasteiger partial charge in [0.05, 0.1) is 17.0 Å². The van der Waals surface area contributed by atoms with E-state index in [1.165, 1.54) is 6.92 Å². The Labute approximate surface area is 229 Å². The van der Waals surface area contributed by atoms with Crippen molar-refractivity contribution in [3.63, 3.8) is 0 Å². The minimum atomic E-state index is -1.65. The highest BCUT2D eigenvalue weighted by atomic mass is 16.3. The number of allylic oxidation sites excluding steroid dienone is 2. The number of aromatic hydroxyl groups is 1. The lowest BCUT2D eigenvalue weighted by Gasteiger charge is -2.51. The number of anilines is 1. The molecule has 4 rings (SSSR count). The summed E-state index contributed by atoms with van der Waals surface area (Å²) >= 11 is 0. The monoisotopic (exact) mass is 540 g/mol. The summed E-state index contributed by atoms with van der Waals surface area (Å²) in [6, 6.07) is 1.11. The smallest absolute Gasteiger partial charge is 0.255 e. The minimum Gasteiger partial charge on any atom is -0.511 e. The number of nitrogens with two attached hydrogens (primary N) is 1. The Morgan fingerprint density at radius 2 is 1.82 bits per heavy atom. The van der Waals surface area contributed by atoms with Gasteiger partial charge < -0.3 is 31.3 Å². The summed E-state index contributed by atoms with van der Waals surface area (Å²) in [4.78, 5) is 43.6. The number of rotatable bonds is 7. The fraction of sp³-hybridized carbons (Fsp3) is 0.552. The van der Waals surface area contributed by atoms with E-state index in [9.17, 15) is 29.7 Å². The fourth-order valence-electron chi connectivity index (χ4n) is 6.68. The molecular weight excluding hydrogens is 500 g/mol. The van der Waals surface area contributed by atoms with Gasteiger partial charge in [0.1, 0.15) is 22.8 Å². The van der Waals surface area contributed by atoms with E-state index < -0.39 is 57.9 Å². The number of Topliss-reactive ketones (excluding diaryl/α,β-unsaturated/α-hetero) is 2. The Kier molecular flexibility index (Phi) is 7.33. The summed E-state index contributed by atoms with van der Waals surface area (Å²) in [6.45, 7) is 6.74. The van der Waals surface area contributed by atoms with Crippen LogP contribution in [0.5, 0.6) is 5.75 Å². The van der Waals surface area contributed by atoms with Crippen molar-refractivity contribution in [2.75, 3.05) is 39.6 Å². The zero-order valence-corrected chi connectivity index (χ0v) is 23.8. The molecule has 4 atom stereocenters. The second-order valence-electron chi connectivity index (χ2n) is 12.1. The van der Waals surface area contributed by atoms with Crippen molar-refractivity contribution in [3.8, 4) is 5.75 Å². The number of carbonyl (C=O) groups is 3. The van der Waals surface area contributed by atoms with E-state index in [1.807, 2.05) is 25.1 Å². The van der Waals surface area contributed by atoms with Crippen molar-refractivity contribution in [2.24, 2.45) is 28.9 Å². The van der Waals surface area contributed by atoms with E-state index in [4.69, 9.17) is 5.73 Å². The van der Waals surface area contributed by atoms with Crippen molar-refractivity contribution >= 4 is 23.2 Å². The molecule has 0 bridgehead atoms. The molecule has 212 valence electrons. The first-order valence-electron chi connectivity index (χ1n) is 13.3. The highest BCUT2D eigenvalue weighted by Crippen LogP contribution is 2.57. The lowest BCUT2D eigenvalue weighted by molar-refractivity contribution is -0.134. The third-order valence-electron chi connectivity index (χ3n) is 8.59. The topological polar surface area (TPSA) is 156 Å². The van der Waals surface area contributed by atoms with E-state index in [2.05, 4.69) is 19.2 Å². The number of amides is 1. The van der Waals surface area contributed by atoms with Gasteiger partial charge in [-0.15, -0.1) is 0 Å². The first-order valence-corrected chi connectivity index (χ1v) is 13.3. The Morgan fingerprint density at radius 3 is 2.36 bits per heavy atom. The molecule has 0 aliphatic heterocycles. The summed E-state index contributed by atoms with van der Waals surface area (Å²) in [5.74, 6) is -4.07. The van der Waals surface area contributed by atoms with Crippen molar-refractivity contribution in [1.82, 2.24) is 10.2 Å². The van der Waals surface area contributed by atoms with Crippen LogP contribution in [0.3, 0.4) is 0 Å². The normalized spacial score (nSPS) is 26.6. The van der Waals surface area contributed by atoms with Crippen LogP contribution < -0.4 is 16.0 Å². The summed E-state index contributed by atoms with van der Waals surface area (Å²) in [6.07, 6.45) is 0.659. The summed E-state index contributed by atoms with van der Waals surface area (Å²) < 4.78 is 0. The predicted molar refractivity (Wildman–Crippen MR) is 148 cm³/mol. The zero-order chi connectivity index (χ0) is 29.1. The van der Waals surface area contributed by atoms with Crippen LogP contribution in [-0.4, -0.2) is 78.5 Å². The van der Waals surface area contributed by atoms with Gasteiger partial charge in [-0.25, -0.2) is 0 Å². The number of phenols is 1. The molecule has 0 fully saturated rings. The number of aliphatic hydroxyl groups is 2. The molecule has 3 aliphatic rings. The molecule has 39 heavy (non-hydrogen) atoms. The van der Waals surface area contributed by atoms with Gasteiger partial charge >= 0.3 is 0 Å². The van der Waals surface area contributed by atoms with Crippen LogP contribution in [-0.2, 0) is 22.6 Å². The Morgan fingerprint density at radius 1 is 1.18 bits per heavy atom. The van der Waals surface area contributed by atoms with E-state index in [0.717, 1.165) is 12.2 Å². The molecule has 0 saturated carbocycles. The van der Waals surface area contributed by atoms with Crippen LogP contribution >= 0.6 is 0 Å². The number of phenolic OH excluding ortho intramolecular Hbond substituents is 1. The van der Waals surface area contributed by atoms with Crippen LogP contribution in [0, 0.1) is 23.2 Å². The van der Waals surface area contributed by atoms with Gasteiger partial charge in [0.15, 0.2) is 11.6 Å². The number of carbonyl (C=O) groups excluding carboxylic acids is 3. The lowest BCUT2D eigenvalue weighted by Crippen LogP contribution is -2.58. The molecule has 1 unspecified atom stereocenters. The van der Waals surface area contributed by atoms with Crippen LogP contribution in [0.2, 0.25) is 0 Å². The average Bonchev–Trinajstić information content (AvgIpc) is 2.81. The summed E-state index contributed by atoms with van der Waals surface area (Å²) in [5, 5.41) is 37.3. The quantitative estimate of drug-likeness (QED) is 0.327. The molecule has 3 aliphatic carbocycles. The Hall–Kier alpha value is -3.37. The van der Waals surface area contributed by atoms with Crippen molar-refractivity contribution in [2.45, 2.75) is 46.2 Å². The molecule has 0 saturated heterocycles. The number of aliphatic hydroxyl groups excluding tert-OH is 2. The highest BCUT2D eigenvalue weighted by molar-refractivity contribution is 6.23. The van der Waals surface area contributed by atoms with Crippen LogP contribution in [0.1, 0.15) is 48.7 Å². The van der Waals surface area contributed by atoms with Gasteiger partial charge in [-0.05, 0) is 63.9 Å². The molecule has 0 heterocycles. The minimum absolute atomic E-state index is 0.0737. The Balaban J connectivity index is 1.91. The number of primary amides is 1. The molecule has 0 radical (unpaired) electrons. The standard InChI is InChI=1S/C29H40N4O6/c1-13(2)11-31-12-15-10-18(32(4)5)16-8-14-9-17-22(33(6)7)25(36)21(28(30)39)27(38)29(17,3)26(37)19(14)24(35)20(16)23(15)34/h10,13-14,17,22,31,34,36-37H,8-9,11-12H2,1-7H3,(H2,30,39)/t14-,17-,22?,29+/m0/s1. The van der Waals surface area contributed by atoms with E-state index in [0.29, 0.717) is 36.4 Å². The van der Waals surface area contributed by atoms with Crippen LogP contribution in [0.15, 0.2) is 28.7 Å². The Bertz CT molecular complexity index is 1310. The van der Waals surface area contributed by atoms with Crippen molar-refractivity contribution < 1.29 is 29.7 Å². The van der Waals surface area contributed by atoms with Gasteiger partial charge in [0.2, 0.25) is 0 Å². The summed E-state index contributed by atoms with van der Waals surface area (Å²) in [7, 11) is 7.17. The number of likely N-dealkylation sites (N-methyl/N-ethyl adjacent to an activating group) is 1. The average molecular weight is 541 g/mol. The molecule has 10 nitrogen and oxygen atoms in total. The van der Waals surface area contributed by atoms with Crippen molar-refractivity contribution in [1.29, 1.82) is 0 Å². The molecule has 0 aromatic heterocycles. The number of nitrogens with one attached hydrogen (secondary N) is 1. The second-order valence-corrected chi connectivity index (χ2v) is 12.1. The van der Waals surface area contributed by atoms with E-state index in [1.54, 1.807) is 19.0 Å². The number of ketones is 2. The van der Waals surface area contributed by atoms with Gasteiger partial charge in [0, 0.05) is 43.4 Å². The van der Waals surface area contributed by atoms with Crippen molar-refractivity contribution in [3.05, 3.63) is 45.4 Å². The van der Waals surface area contributed by atoms with Gasteiger partial charge in [-0.3, -0.25) is 19.3 Å². The first kappa shape index (κ1) is 28.6. The number of hydrogen-bond acceptors (Lipinski definition) is 9. The maximum Gasteiger partial charge on any atom is 0.255 e. The largest absolute Gasteiger partial charge is 0.511 e. The van der Waals surface area contributed by atoms with Crippen LogP contribution in [0.25, 0.3) is 0 Å². The molecule has 10 heteroatoms. The maximum atomic E-state index is 14.1. The predicted octanol–water partition coefficient (Wildman–Crippen LogP) is 2.21. The maximum absolute atomic E-state index is 14.1. The first-order chi connectivity index (χ1) is 18.1. The number of nitrogens with zero attached hydrogens (tertiary/aromatic N) is 2. The fourth-order valence-corrected chi connectivity index (χ4v) is 6.68. The SMILES string of the molecule is CC(C)CNCc1cc(N(C)C)c2c(c1O)C(=O)C1=C(O)[C@]3(C)C(=O)C(C(N)=O)=C(O)C(N(C)C)[C@@H]3C[C@@H]1C2. The molecule has 6 N–H and O–H groups in total. The third kappa shape index (κ3) is 4.30. The molecule has 1 amide bonds. The second kappa shape index (κ2) is 9.98. The van der Waals surface area contributed by atoms with Gasteiger partial charge in [0.25, 0.3) is 5.91 Å². The molecular formula is C29H40N4O6. The summed E-state index contributed by atoms with van der Waals surface area (Å²) in [5.41, 5.74) is 5.53.